The quantitative estimate of drug-likeness (QED) is 0.845. The normalized spacial score (nSPS) is 27.1. The predicted octanol–water partition coefficient (Wildman–Crippen LogP) is 4.71. The highest BCUT2D eigenvalue weighted by molar-refractivity contribution is 7.18. The van der Waals surface area contributed by atoms with Gasteiger partial charge in [-0.05, 0) is 55.5 Å². The fraction of sp³-hybridized carbons (Fsp3) is 0.571. The number of nitrogens with zero attached hydrogens (tertiary/aromatic N) is 2. The van der Waals surface area contributed by atoms with Crippen LogP contribution in [0.5, 0.6) is 0 Å². The fourth-order valence-corrected chi connectivity index (χ4v) is 5.62. The van der Waals surface area contributed by atoms with Gasteiger partial charge in [-0.1, -0.05) is 32.9 Å². The molecule has 0 amide bonds. The Hall–Kier alpha value is -1.39. The molecule has 0 radical (unpaired) electrons. The van der Waals surface area contributed by atoms with Gasteiger partial charge in [0.2, 0.25) is 0 Å². The van der Waals surface area contributed by atoms with Crippen LogP contribution in [0.4, 0.5) is 0 Å². The van der Waals surface area contributed by atoms with E-state index in [0.29, 0.717) is 5.92 Å². The molecule has 1 aromatic heterocycles. The van der Waals surface area contributed by atoms with Gasteiger partial charge in [-0.3, -0.25) is 0 Å². The Morgan fingerprint density at radius 2 is 2.16 bits per heavy atom. The Bertz CT molecular complexity index is 805. The van der Waals surface area contributed by atoms with Crippen LogP contribution in [-0.2, 0) is 0 Å². The number of fused-ring (bicyclic) bond motifs is 1. The van der Waals surface area contributed by atoms with Crippen molar-refractivity contribution in [3.8, 4) is 0 Å². The number of hydrogen-bond donors (Lipinski definition) is 1. The summed E-state index contributed by atoms with van der Waals surface area (Å²) in [6, 6.07) is 6.78. The van der Waals surface area contributed by atoms with E-state index in [4.69, 9.17) is 4.98 Å². The summed E-state index contributed by atoms with van der Waals surface area (Å²) in [6.45, 7) is 10.5. The molecule has 1 saturated heterocycles. The zero-order chi connectivity index (χ0) is 17.6. The van der Waals surface area contributed by atoms with E-state index in [1.54, 1.807) is 0 Å². The molecule has 0 spiro atoms. The van der Waals surface area contributed by atoms with Gasteiger partial charge in [0.15, 0.2) is 0 Å². The molecule has 1 aromatic carbocycles. The molecule has 1 unspecified atom stereocenters. The number of rotatable bonds is 2. The van der Waals surface area contributed by atoms with Crippen molar-refractivity contribution < 1.29 is 0 Å². The molecule has 4 rings (SSSR count). The standard InChI is InChI=1S/C21H29N3S/c1-14-5-7-17(22-12-14)15-6-8-19-18(11-15)23-20(25-19)16-9-10-24(4)13-21(16,2)3/h6-8,11,14,16,22H,5,9-10,12-13H2,1-4H3/t14-,16?/m0/s1. The van der Waals surface area contributed by atoms with E-state index in [1.165, 1.54) is 33.9 Å². The van der Waals surface area contributed by atoms with Crippen molar-refractivity contribution in [3.05, 3.63) is 34.8 Å². The van der Waals surface area contributed by atoms with Gasteiger partial charge in [0.25, 0.3) is 0 Å². The summed E-state index contributed by atoms with van der Waals surface area (Å²) in [5.74, 6) is 1.29. The Morgan fingerprint density at radius 3 is 2.88 bits per heavy atom. The van der Waals surface area contributed by atoms with Gasteiger partial charge < -0.3 is 10.2 Å². The minimum absolute atomic E-state index is 0.285. The first-order chi connectivity index (χ1) is 11.9. The summed E-state index contributed by atoms with van der Waals surface area (Å²) in [5.41, 5.74) is 3.99. The molecule has 1 N–H and O–H groups in total. The lowest BCUT2D eigenvalue weighted by Gasteiger charge is -2.42. The maximum atomic E-state index is 5.07. The van der Waals surface area contributed by atoms with Gasteiger partial charge in [-0.25, -0.2) is 4.98 Å². The first kappa shape index (κ1) is 17.0. The number of thiazole rings is 1. The number of allylic oxidation sites excluding steroid dienone is 1. The van der Waals surface area contributed by atoms with Gasteiger partial charge in [0, 0.05) is 24.7 Å². The molecule has 0 aliphatic carbocycles. The Morgan fingerprint density at radius 1 is 1.32 bits per heavy atom. The van der Waals surface area contributed by atoms with Crippen molar-refractivity contribution in [2.75, 3.05) is 26.7 Å². The van der Waals surface area contributed by atoms with E-state index in [1.807, 2.05) is 11.3 Å². The fourth-order valence-electron chi connectivity index (χ4n) is 4.32. The Kier molecular flexibility index (Phi) is 4.37. The number of hydrogen-bond acceptors (Lipinski definition) is 4. The summed E-state index contributed by atoms with van der Waals surface area (Å²) in [5, 5.41) is 4.89. The van der Waals surface area contributed by atoms with Crippen LogP contribution in [0.1, 0.15) is 50.1 Å². The largest absolute Gasteiger partial charge is 0.385 e. The lowest BCUT2D eigenvalue weighted by Crippen LogP contribution is -2.42. The highest BCUT2D eigenvalue weighted by Crippen LogP contribution is 2.44. The van der Waals surface area contributed by atoms with Crippen LogP contribution in [0.2, 0.25) is 0 Å². The van der Waals surface area contributed by atoms with Crippen molar-refractivity contribution in [1.82, 2.24) is 15.2 Å². The van der Waals surface area contributed by atoms with Crippen molar-refractivity contribution in [3.63, 3.8) is 0 Å². The second kappa shape index (κ2) is 6.40. The van der Waals surface area contributed by atoms with Crippen LogP contribution in [0.15, 0.2) is 24.3 Å². The second-order valence-electron chi connectivity index (χ2n) is 8.64. The smallest absolute Gasteiger partial charge is 0.0975 e. The number of nitrogens with one attached hydrogen (secondary N) is 1. The van der Waals surface area contributed by atoms with E-state index in [-0.39, 0.29) is 5.41 Å². The molecule has 2 aliphatic rings. The van der Waals surface area contributed by atoms with Crippen molar-refractivity contribution in [2.45, 2.75) is 39.5 Å². The van der Waals surface area contributed by atoms with Gasteiger partial charge >= 0.3 is 0 Å². The predicted molar refractivity (Wildman–Crippen MR) is 108 cm³/mol. The van der Waals surface area contributed by atoms with Gasteiger partial charge in [-0.15, -0.1) is 11.3 Å². The van der Waals surface area contributed by atoms with Crippen molar-refractivity contribution in [1.29, 1.82) is 0 Å². The molecule has 2 aliphatic heterocycles. The van der Waals surface area contributed by atoms with E-state index >= 15 is 0 Å². The SMILES string of the molecule is C[C@H]1CC=C(c2ccc3sc(C4CCN(C)CC4(C)C)nc3c2)NC1. The maximum absolute atomic E-state index is 5.07. The van der Waals surface area contributed by atoms with E-state index < -0.39 is 0 Å². The molecule has 3 heterocycles. The lowest BCUT2D eigenvalue weighted by atomic mass is 9.74. The highest BCUT2D eigenvalue weighted by atomic mass is 32.1. The van der Waals surface area contributed by atoms with Crippen LogP contribution in [0.25, 0.3) is 15.9 Å². The van der Waals surface area contributed by atoms with Crippen LogP contribution in [0, 0.1) is 11.3 Å². The van der Waals surface area contributed by atoms with Crippen molar-refractivity contribution >= 4 is 27.3 Å². The Balaban J connectivity index is 1.65. The highest BCUT2D eigenvalue weighted by Gasteiger charge is 2.37. The average Bonchev–Trinajstić information content (AvgIpc) is 2.97. The molecule has 3 nitrogen and oxygen atoms in total. The number of likely N-dealkylation sites (tertiary alicyclic amines) is 1. The summed E-state index contributed by atoms with van der Waals surface area (Å²) >= 11 is 1.89. The maximum Gasteiger partial charge on any atom is 0.0975 e. The molecular formula is C21H29N3S. The van der Waals surface area contributed by atoms with E-state index in [0.717, 1.165) is 30.9 Å². The van der Waals surface area contributed by atoms with E-state index in [9.17, 15) is 0 Å². The molecule has 2 aromatic rings. The Labute approximate surface area is 155 Å². The lowest BCUT2D eigenvalue weighted by molar-refractivity contribution is 0.114. The molecular weight excluding hydrogens is 326 g/mol. The van der Waals surface area contributed by atoms with Gasteiger partial charge in [-0.2, -0.15) is 0 Å². The van der Waals surface area contributed by atoms with Gasteiger partial charge in [0.05, 0.1) is 15.2 Å². The topological polar surface area (TPSA) is 28.2 Å². The molecule has 0 bridgehead atoms. The zero-order valence-corrected chi connectivity index (χ0v) is 16.6. The minimum atomic E-state index is 0.285. The summed E-state index contributed by atoms with van der Waals surface area (Å²) in [4.78, 5) is 7.52. The molecule has 2 atom stereocenters. The molecule has 4 heteroatoms. The minimum Gasteiger partial charge on any atom is -0.385 e. The number of benzene rings is 1. The van der Waals surface area contributed by atoms with E-state index in [2.05, 4.69) is 62.3 Å². The summed E-state index contributed by atoms with van der Waals surface area (Å²) in [7, 11) is 2.23. The van der Waals surface area contributed by atoms with Crippen LogP contribution in [0.3, 0.4) is 0 Å². The molecule has 1 fully saturated rings. The monoisotopic (exact) mass is 355 g/mol. The first-order valence-electron chi connectivity index (χ1n) is 9.46. The first-order valence-corrected chi connectivity index (χ1v) is 10.3. The molecule has 0 saturated carbocycles. The van der Waals surface area contributed by atoms with Crippen molar-refractivity contribution in [2.24, 2.45) is 11.3 Å². The number of aromatic nitrogens is 1. The third-order valence-corrected chi connectivity index (χ3v) is 6.95. The van der Waals surface area contributed by atoms with Crippen LogP contribution < -0.4 is 5.32 Å². The second-order valence-corrected chi connectivity index (χ2v) is 9.70. The van der Waals surface area contributed by atoms with Crippen LogP contribution in [-0.4, -0.2) is 36.6 Å². The summed E-state index contributed by atoms with van der Waals surface area (Å²) < 4.78 is 1.32. The third-order valence-electron chi connectivity index (χ3n) is 5.80. The molecule has 25 heavy (non-hydrogen) atoms. The summed E-state index contributed by atoms with van der Waals surface area (Å²) in [6.07, 6.45) is 4.70. The van der Waals surface area contributed by atoms with Crippen LogP contribution >= 0.6 is 11.3 Å². The average molecular weight is 356 g/mol. The van der Waals surface area contributed by atoms with Gasteiger partial charge in [0.1, 0.15) is 0 Å². The molecule has 134 valence electrons. The third kappa shape index (κ3) is 3.34. The zero-order valence-electron chi connectivity index (χ0n) is 15.8. The number of piperidine rings is 1.